The smallest absolute Gasteiger partial charge is 0.139 e. The van der Waals surface area contributed by atoms with Crippen molar-refractivity contribution in [1.82, 2.24) is 0 Å². The normalized spacial score (nSPS) is 20.7. The van der Waals surface area contributed by atoms with E-state index in [0.717, 1.165) is 37.2 Å². The number of ether oxygens (including phenoxy) is 1. The minimum atomic E-state index is -0.302. The van der Waals surface area contributed by atoms with E-state index in [1.165, 1.54) is 61.2 Å². The van der Waals surface area contributed by atoms with Gasteiger partial charge in [-0.1, -0.05) is 157 Å². The molecule has 0 saturated heterocycles. The molecule has 0 bridgehead atoms. The SMILES string of the molecule is C=CC(C1=CC(c2cccc3c2Cc2ccc4c(c2O3)-c2ccccc2C4(c2ccccc2)C2C=CC=CC2)=CCC1)c1ccccc1. The van der Waals surface area contributed by atoms with Gasteiger partial charge in [0.1, 0.15) is 11.5 Å². The lowest BCUT2D eigenvalue weighted by Gasteiger charge is -2.40. The molecule has 1 aliphatic heterocycles. The van der Waals surface area contributed by atoms with E-state index >= 15 is 0 Å². The Hall–Kier alpha value is -5.40. The average Bonchev–Trinajstić information content (AvgIpc) is 3.47. The summed E-state index contributed by atoms with van der Waals surface area (Å²) < 4.78 is 7.09. The topological polar surface area (TPSA) is 9.23 Å². The molecule has 9 rings (SSSR count). The van der Waals surface area contributed by atoms with Crippen LogP contribution in [0.5, 0.6) is 11.5 Å². The lowest BCUT2D eigenvalue weighted by Crippen LogP contribution is -2.35. The highest BCUT2D eigenvalue weighted by Gasteiger charge is 2.50. The molecule has 0 amide bonds. The number of fused-ring (bicyclic) bond motifs is 6. The number of benzene rings is 5. The highest BCUT2D eigenvalue weighted by Crippen LogP contribution is 2.61. The molecular weight excluding hydrogens is 581 g/mol. The van der Waals surface area contributed by atoms with Gasteiger partial charge < -0.3 is 4.74 Å². The molecule has 4 aliphatic rings. The number of hydrogen-bond donors (Lipinski definition) is 0. The van der Waals surface area contributed by atoms with Crippen LogP contribution in [0.2, 0.25) is 0 Å². The maximum atomic E-state index is 7.09. The van der Waals surface area contributed by atoms with Gasteiger partial charge in [-0.15, -0.1) is 6.58 Å². The van der Waals surface area contributed by atoms with Crippen molar-refractivity contribution < 1.29 is 4.74 Å². The first-order chi connectivity index (χ1) is 23.8. The van der Waals surface area contributed by atoms with Crippen LogP contribution >= 0.6 is 0 Å². The second kappa shape index (κ2) is 11.7. The van der Waals surface area contributed by atoms with Crippen molar-refractivity contribution in [2.75, 3.05) is 0 Å². The first-order valence-corrected chi connectivity index (χ1v) is 17.3. The van der Waals surface area contributed by atoms with Gasteiger partial charge in [0.2, 0.25) is 0 Å². The molecule has 3 atom stereocenters. The van der Waals surface area contributed by atoms with Gasteiger partial charge in [0, 0.05) is 23.5 Å². The number of allylic oxidation sites excluding steroid dienone is 9. The van der Waals surface area contributed by atoms with Gasteiger partial charge in [-0.2, -0.15) is 0 Å². The Bertz CT molecular complexity index is 2180. The van der Waals surface area contributed by atoms with E-state index in [1.54, 1.807) is 0 Å². The molecule has 0 aromatic heterocycles. The largest absolute Gasteiger partial charge is 0.456 e. The van der Waals surface area contributed by atoms with Crippen molar-refractivity contribution >= 4 is 5.57 Å². The van der Waals surface area contributed by atoms with E-state index < -0.39 is 0 Å². The molecule has 232 valence electrons. The zero-order chi connectivity index (χ0) is 32.1. The molecule has 0 spiro atoms. The number of rotatable bonds is 6. The Morgan fingerprint density at radius 2 is 1.56 bits per heavy atom. The van der Waals surface area contributed by atoms with Crippen LogP contribution < -0.4 is 4.74 Å². The first kappa shape index (κ1) is 28.8. The molecular formula is C47H38O. The quantitative estimate of drug-likeness (QED) is 0.169. The highest BCUT2D eigenvalue weighted by molar-refractivity contribution is 5.90. The van der Waals surface area contributed by atoms with Crippen molar-refractivity contribution in [3.05, 3.63) is 209 Å². The van der Waals surface area contributed by atoms with Crippen LogP contribution in [0.4, 0.5) is 0 Å². The molecule has 1 nitrogen and oxygen atoms in total. The average molecular weight is 619 g/mol. The lowest BCUT2D eigenvalue weighted by atomic mass is 9.62. The Labute approximate surface area is 284 Å². The second-order valence-corrected chi connectivity index (χ2v) is 13.5. The first-order valence-electron chi connectivity index (χ1n) is 17.3. The second-order valence-electron chi connectivity index (χ2n) is 13.5. The van der Waals surface area contributed by atoms with Crippen LogP contribution in [-0.2, 0) is 11.8 Å². The van der Waals surface area contributed by atoms with Gasteiger partial charge in [-0.05, 0) is 75.8 Å². The summed E-state index contributed by atoms with van der Waals surface area (Å²) in [6.45, 7) is 4.22. The molecule has 0 fully saturated rings. The Balaban J connectivity index is 1.16. The van der Waals surface area contributed by atoms with Gasteiger partial charge in [0.25, 0.3) is 0 Å². The van der Waals surface area contributed by atoms with Crippen LogP contribution in [0, 0.1) is 5.92 Å². The van der Waals surface area contributed by atoms with E-state index in [1.807, 2.05) is 0 Å². The third kappa shape index (κ3) is 4.38. The number of hydrogen-bond acceptors (Lipinski definition) is 1. The summed E-state index contributed by atoms with van der Waals surface area (Å²) in [4.78, 5) is 0. The van der Waals surface area contributed by atoms with Crippen LogP contribution in [0.1, 0.15) is 64.1 Å². The maximum Gasteiger partial charge on any atom is 0.139 e. The van der Waals surface area contributed by atoms with Gasteiger partial charge in [-0.3, -0.25) is 0 Å². The van der Waals surface area contributed by atoms with Crippen molar-refractivity contribution in [3.8, 4) is 22.6 Å². The molecule has 3 unspecified atom stereocenters. The van der Waals surface area contributed by atoms with Gasteiger partial charge in [0.05, 0.1) is 5.41 Å². The predicted octanol–water partition coefficient (Wildman–Crippen LogP) is 11.9. The molecule has 0 saturated carbocycles. The summed E-state index contributed by atoms with van der Waals surface area (Å²) in [6, 6.07) is 42.3. The molecule has 0 radical (unpaired) electrons. The minimum Gasteiger partial charge on any atom is -0.456 e. The highest BCUT2D eigenvalue weighted by atomic mass is 16.5. The van der Waals surface area contributed by atoms with E-state index in [-0.39, 0.29) is 11.3 Å². The zero-order valence-electron chi connectivity index (χ0n) is 27.1. The Kier molecular flexibility index (Phi) is 7.01. The molecule has 1 heteroatoms. The standard InChI is InChI=1S/C47H38O/c1-2-38(32-16-6-3-7-17-32)33-18-14-19-34(30-33)39-25-15-27-44-41(39)31-35-28-29-43-45(46(35)48-44)40-24-12-13-26-42(40)47(43,36-20-8-4-9-21-36)37-22-10-5-11-23-37/h2-13,15-17,19-22,24-30,37-38H,1,14,18,23,31H2. The maximum absolute atomic E-state index is 7.09. The zero-order valence-corrected chi connectivity index (χ0v) is 27.1. The van der Waals surface area contributed by atoms with Gasteiger partial charge in [-0.25, -0.2) is 0 Å². The van der Waals surface area contributed by atoms with Crippen LogP contribution in [0.15, 0.2) is 170 Å². The van der Waals surface area contributed by atoms with Gasteiger partial charge >= 0.3 is 0 Å². The molecule has 5 aromatic rings. The third-order valence-corrected chi connectivity index (χ3v) is 11.0. The Morgan fingerprint density at radius 3 is 2.38 bits per heavy atom. The van der Waals surface area contributed by atoms with Gasteiger partial charge in [0.15, 0.2) is 0 Å². The van der Waals surface area contributed by atoms with Crippen molar-refractivity contribution in [1.29, 1.82) is 0 Å². The molecule has 1 heterocycles. The molecule has 5 aromatic carbocycles. The molecule has 48 heavy (non-hydrogen) atoms. The summed E-state index contributed by atoms with van der Waals surface area (Å²) >= 11 is 0. The fourth-order valence-electron chi connectivity index (χ4n) is 8.93. The fourth-order valence-corrected chi connectivity index (χ4v) is 8.93. The summed E-state index contributed by atoms with van der Waals surface area (Å²) in [6.07, 6.45) is 19.9. The van der Waals surface area contributed by atoms with Crippen molar-refractivity contribution in [2.24, 2.45) is 5.92 Å². The Morgan fingerprint density at radius 1 is 0.771 bits per heavy atom. The van der Waals surface area contributed by atoms with Crippen LogP contribution in [0.25, 0.3) is 16.7 Å². The van der Waals surface area contributed by atoms with E-state index in [9.17, 15) is 0 Å². The summed E-state index contributed by atoms with van der Waals surface area (Å²) in [5.41, 5.74) is 14.1. The minimum absolute atomic E-state index is 0.216. The molecule has 0 N–H and O–H groups in total. The fraction of sp³-hybridized carbons (Fsp3) is 0.149. The summed E-state index contributed by atoms with van der Waals surface area (Å²) in [7, 11) is 0. The molecule has 3 aliphatic carbocycles. The summed E-state index contributed by atoms with van der Waals surface area (Å²) in [5.74, 6) is 2.49. The van der Waals surface area contributed by atoms with Crippen molar-refractivity contribution in [2.45, 2.75) is 37.0 Å². The monoisotopic (exact) mass is 618 g/mol. The van der Waals surface area contributed by atoms with E-state index in [0.29, 0.717) is 5.92 Å². The van der Waals surface area contributed by atoms with Crippen LogP contribution in [0.3, 0.4) is 0 Å². The van der Waals surface area contributed by atoms with E-state index in [2.05, 4.69) is 164 Å². The lowest BCUT2D eigenvalue weighted by molar-refractivity contribution is 0.448. The third-order valence-electron chi connectivity index (χ3n) is 11.0. The summed E-state index contributed by atoms with van der Waals surface area (Å²) in [5, 5.41) is 0. The van der Waals surface area contributed by atoms with Crippen LogP contribution in [-0.4, -0.2) is 0 Å². The van der Waals surface area contributed by atoms with E-state index in [4.69, 9.17) is 4.74 Å². The predicted molar refractivity (Wildman–Crippen MR) is 199 cm³/mol. The van der Waals surface area contributed by atoms with Crippen molar-refractivity contribution in [3.63, 3.8) is 0 Å².